The van der Waals surface area contributed by atoms with E-state index < -0.39 is 5.95 Å². The normalized spacial score (nSPS) is 9.56. The molecule has 0 aromatic carbocycles. The molecule has 1 rings (SSSR count). The first-order chi connectivity index (χ1) is 4.20. The predicted molar refractivity (Wildman–Crippen MR) is 33.6 cm³/mol. The van der Waals surface area contributed by atoms with E-state index in [-0.39, 0.29) is 5.75 Å². The van der Waals surface area contributed by atoms with E-state index in [1.807, 2.05) is 0 Å². The summed E-state index contributed by atoms with van der Waals surface area (Å²) in [7, 11) is 0. The lowest BCUT2D eigenvalue weighted by atomic mass is 10.5. The number of aromatic hydroxyl groups is 1. The predicted octanol–water partition coefficient (Wildman–Crippen LogP) is 1.69. The summed E-state index contributed by atoms with van der Waals surface area (Å²) in [5, 5.41) is 8.77. The number of halogens is 2. The molecule has 0 atom stereocenters. The number of aromatic nitrogens is 1. The van der Waals surface area contributed by atoms with Crippen molar-refractivity contribution >= 4 is 15.9 Å². The summed E-state index contributed by atoms with van der Waals surface area (Å²) in [5.74, 6) is -0.670. The zero-order chi connectivity index (χ0) is 6.85. The topological polar surface area (TPSA) is 33.1 Å². The van der Waals surface area contributed by atoms with Gasteiger partial charge in [-0.15, -0.1) is 0 Å². The third-order valence-electron chi connectivity index (χ3n) is 0.801. The molecule has 0 radical (unpaired) electrons. The second-order valence-electron chi connectivity index (χ2n) is 1.46. The monoisotopic (exact) mass is 191 g/mol. The first-order valence-electron chi connectivity index (χ1n) is 2.20. The number of hydrogen-bond acceptors (Lipinski definition) is 2. The minimum atomic E-state index is -0.611. The van der Waals surface area contributed by atoms with Gasteiger partial charge in [-0.25, -0.2) is 4.98 Å². The van der Waals surface area contributed by atoms with Crippen LogP contribution in [0.5, 0.6) is 5.75 Å². The van der Waals surface area contributed by atoms with Crippen LogP contribution in [0, 0.1) is 5.95 Å². The molecule has 1 aromatic rings. The highest BCUT2D eigenvalue weighted by Crippen LogP contribution is 2.21. The first-order valence-corrected chi connectivity index (χ1v) is 2.99. The van der Waals surface area contributed by atoms with Crippen molar-refractivity contribution in [3.05, 3.63) is 22.7 Å². The molecular weight excluding hydrogens is 189 g/mol. The van der Waals surface area contributed by atoms with Gasteiger partial charge in [0, 0.05) is 6.07 Å². The number of nitrogens with zero attached hydrogens (tertiary/aromatic N) is 1. The van der Waals surface area contributed by atoms with Crippen molar-refractivity contribution in [3.8, 4) is 5.75 Å². The standard InChI is InChI=1S/C5H3BrFNO/c6-3-1-5(7)8-2-4(3)9/h1-2,9H. The minimum Gasteiger partial charge on any atom is -0.505 e. The molecule has 0 saturated heterocycles. The Morgan fingerprint density at radius 2 is 2.33 bits per heavy atom. The van der Waals surface area contributed by atoms with Crippen LogP contribution in [0.3, 0.4) is 0 Å². The number of rotatable bonds is 0. The largest absolute Gasteiger partial charge is 0.505 e. The fourth-order valence-electron chi connectivity index (χ4n) is 0.400. The molecule has 0 aliphatic carbocycles. The maximum absolute atomic E-state index is 12.1. The zero-order valence-electron chi connectivity index (χ0n) is 4.31. The molecule has 1 N–H and O–H groups in total. The Labute approximate surface area is 59.5 Å². The summed E-state index contributed by atoms with van der Waals surface area (Å²) < 4.78 is 12.4. The highest BCUT2D eigenvalue weighted by molar-refractivity contribution is 9.10. The third-order valence-corrected chi connectivity index (χ3v) is 1.44. The summed E-state index contributed by atoms with van der Waals surface area (Å²) >= 11 is 2.92. The van der Waals surface area contributed by atoms with Gasteiger partial charge in [-0.3, -0.25) is 0 Å². The van der Waals surface area contributed by atoms with Gasteiger partial charge in [0.2, 0.25) is 5.95 Å². The van der Waals surface area contributed by atoms with Crippen LogP contribution in [-0.2, 0) is 0 Å². The lowest BCUT2D eigenvalue weighted by Crippen LogP contribution is -1.79. The molecule has 0 amide bonds. The molecule has 1 heterocycles. The average Bonchev–Trinajstić information content (AvgIpc) is 1.80. The van der Waals surface area contributed by atoms with E-state index in [4.69, 9.17) is 5.11 Å². The fraction of sp³-hybridized carbons (Fsp3) is 0. The Morgan fingerprint density at radius 3 is 2.78 bits per heavy atom. The van der Waals surface area contributed by atoms with E-state index >= 15 is 0 Å². The summed E-state index contributed by atoms with van der Waals surface area (Å²) in [6, 6.07) is 1.09. The highest BCUT2D eigenvalue weighted by atomic mass is 79.9. The van der Waals surface area contributed by atoms with Crippen LogP contribution in [0.2, 0.25) is 0 Å². The van der Waals surface area contributed by atoms with E-state index in [2.05, 4.69) is 20.9 Å². The smallest absolute Gasteiger partial charge is 0.214 e. The van der Waals surface area contributed by atoms with Crippen LogP contribution in [0.15, 0.2) is 16.7 Å². The van der Waals surface area contributed by atoms with Crippen molar-refractivity contribution in [1.82, 2.24) is 4.98 Å². The lowest BCUT2D eigenvalue weighted by molar-refractivity contribution is 0.463. The second-order valence-corrected chi connectivity index (χ2v) is 2.31. The van der Waals surface area contributed by atoms with Crippen LogP contribution in [0.1, 0.15) is 0 Å². The van der Waals surface area contributed by atoms with Crippen molar-refractivity contribution in [3.63, 3.8) is 0 Å². The molecule has 0 saturated carbocycles. The van der Waals surface area contributed by atoms with Gasteiger partial charge in [0.1, 0.15) is 5.75 Å². The molecule has 0 aliphatic rings. The van der Waals surface area contributed by atoms with Gasteiger partial charge in [0.25, 0.3) is 0 Å². The van der Waals surface area contributed by atoms with Gasteiger partial charge < -0.3 is 5.11 Å². The van der Waals surface area contributed by atoms with Gasteiger partial charge in [-0.05, 0) is 15.9 Å². The summed E-state index contributed by atoms with van der Waals surface area (Å²) in [4.78, 5) is 3.19. The maximum atomic E-state index is 12.1. The Morgan fingerprint density at radius 1 is 1.67 bits per heavy atom. The Hall–Kier alpha value is -0.640. The van der Waals surface area contributed by atoms with Crippen molar-refractivity contribution in [2.45, 2.75) is 0 Å². The van der Waals surface area contributed by atoms with Crippen LogP contribution in [0.25, 0.3) is 0 Å². The van der Waals surface area contributed by atoms with Crippen molar-refractivity contribution < 1.29 is 9.50 Å². The van der Waals surface area contributed by atoms with Crippen LogP contribution < -0.4 is 0 Å². The van der Waals surface area contributed by atoms with E-state index in [1.54, 1.807) is 0 Å². The minimum absolute atomic E-state index is 0.0589. The third kappa shape index (κ3) is 1.38. The Bertz CT molecular complexity index is 228. The quantitative estimate of drug-likeness (QED) is 0.634. The number of hydrogen-bond donors (Lipinski definition) is 1. The summed E-state index contributed by atoms with van der Waals surface area (Å²) in [5.41, 5.74) is 0. The SMILES string of the molecule is Oc1cnc(F)cc1Br. The van der Waals surface area contributed by atoms with Crippen molar-refractivity contribution in [2.24, 2.45) is 0 Å². The Kier molecular flexibility index (Phi) is 1.66. The lowest BCUT2D eigenvalue weighted by Gasteiger charge is -1.92. The van der Waals surface area contributed by atoms with Crippen LogP contribution in [0.4, 0.5) is 4.39 Å². The molecular formula is C5H3BrFNO. The molecule has 9 heavy (non-hydrogen) atoms. The Balaban J connectivity index is 3.17. The van der Waals surface area contributed by atoms with E-state index in [0.717, 1.165) is 12.3 Å². The van der Waals surface area contributed by atoms with E-state index in [9.17, 15) is 4.39 Å². The second kappa shape index (κ2) is 2.31. The molecule has 0 aliphatic heterocycles. The molecule has 0 spiro atoms. The number of pyridine rings is 1. The molecule has 2 nitrogen and oxygen atoms in total. The first kappa shape index (κ1) is 6.48. The molecule has 0 unspecified atom stereocenters. The molecule has 4 heteroatoms. The van der Waals surface area contributed by atoms with Gasteiger partial charge in [-0.2, -0.15) is 4.39 Å². The molecule has 48 valence electrons. The van der Waals surface area contributed by atoms with Gasteiger partial charge >= 0.3 is 0 Å². The van der Waals surface area contributed by atoms with E-state index in [1.165, 1.54) is 0 Å². The average molecular weight is 192 g/mol. The van der Waals surface area contributed by atoms with E-state index in [0.29, 0.717) is 4.47 Å². The van der Waals surface area contributed by atoms with Gasteiger partial charge in [0.05, 0.1) is 10.7 Å². The summed E-state index contributed by atoms with van der Waals surface area (Å²) in [6.07, 6.45) is 1.04. The molecule has 1 aromatic heterocycles. The van der Waals surface area contributed by atoms with Gasteiger partial charge in [-0.1, -0.05) is 0 Å². The fourth-order valence-corrected chi connectivity index (χ4v) is 0.692. The zero-order valence-corrected chi connectivity index (χ0v) is 5.89. The summed E-state index contributed by atoms with van der Waals surface area (Å²) in [6.45, 7) is 0. The van der Waals surface area contributed by atoms with Crippen LogP contribution >= 0.6 is 15.9 Å². The highest BCUT2D eigenvalue weighted by Gasteiger charge is 1.97. The molecule has 0 bridgehead atoms. The maximum Gasteiger partial charge on any atom is 0.214 e. The van der Waals surface area contributed by atoms with Crippen LogP contribution in [-0.4, -0.2) is 10.1 Å². The van der Waals surface area contributed by atoms with Gasteiger partial charge in [0.15, 0.2) is 0 Å². The van der Waals surface area contributed by atoms with Crippen molar-refractivity contribution in [2.75, 3.05) is 0 Å². The molecule has 0 fully saturated rings. The van der Waals surface area contributed by atoms with Crippen molar-refractivity contribution in [1.29, 1.82) is 0 Å².